The fraction of sp³-hybridized carbons (Fsp3) is 0.750. The molecule has 1 aliphatic carbocycles. The number of aliphatic imine (C=N–C) groups is 1. The van der Waals surface area contributed by atoms with Gasteiger partial charge in [-0.3, -0.25) is 10.1 Å². The van der Waals surface area contributed by atoms with Crippen LogP contribution in [0.2, 0.25) is 0 Å². The molecular formula is C16H29N5O4. The number of aliphatic hydroxyl groups excluding tert-OH is 2. The van der Waals surface area contributed by atoms with Crippen molar-refractivity contribution in [1.82, 2.24) is 16.0 Å². The van der Waals surface area contributed by atoms with Gasteiger partial charge in [-0.1, -0.05) is 27.7 Å². The number of aliphatic hydroxyl groups is 2. The van der Waals surface area contributed by atoms with E-state index >= 15 is 0 Å². The molecule has 7 N–H and O–H groups in total. The molecule has 0 bridgehead atoms. The summed E-state index contributed by atoms with van der Waals surface area (Å²) >= 11 is 0. The Bertz CT molecular complexity index is 553. The Balaban J connectivity index is 0.000000528. The van der Waals surface area contributed by atoms with Crippen LogP contribution in [0, 0.1) is 5.92 Å². The van der Waals surface area contributed by atoms with Crippen LogP contribution in [0.1, 0.15) is 27.7 Å². The van der Waals surface area contributed by atoms with E-state index in [1.54, 1.807) is 6.20 Å². The molecular weight excluding hydrogens is 326 g/mol. The van der Waals surface area contributed by atoms with Crippen molar-refractivity contribution in [3.05, 3.63) is 11.8 Å². The normalized spacial score (nSPS) is 39.9. The number of carbonyl (C=O) groups is 1. The van der Waals surface area contributed by atoms with E-state index < -0.39 is 18.1 Å². The second-order valence-corrected chi connectivity index (χ2v) is 5.77. The Hall–Kier alpha value is -1.68. The Morgan fingerprint density at radius 3 is 2.52 bits per heavy atom. The summed E-state index contributed by atoms with van der Waals surface area (Å²) in [5.74, 6) is -0.498. The molecule has 2 fully saturated rings. The second-order valence-electron chi connectivity index (χ2n) is 5.77. The van der Waals surface area contributed by atoms with Gasteiger partial charge in [-0.15, -0.1) is 0 Å². The van der Waals surface area contributed by atoms with E-state index in [9.17, 15) is 15.0 Å². The van der Waals surface area contributed by atoms with Crippen LogP contribution in [0.15, 0.2) is 16.8 Å². The van der Waals surface area contributed by atoms with Gasteiger partial charge >= 0.3 is 0 Å². The molecule has 9 heteroatoms. The summed E-state index contributed by atoms with van der Waals surface area (Å²) in [4.78, 5) is 16.1. The number of epoxide rings is 1. The molecule has 1 saturated heterocycles. The van der Waals surface area contributed by atoms with E-state index in [1.165, 1.54) is 0 Å². The van der Waals surface area contributed by atoms with Crippen molar-refractivity contribution in [3.8, 4) is 0 Å². The van der Waals surface area contributed by atoms with Gasteiger partial charge in [-0.25, -0.2) is 4.99 Å². The summed E-state index contributed by atoms with van der Waals surface area (Å²) in [6.07, 6.45) is -0.767. The second kappa shape index (κ2) is 8.13. The molecule has 0 radical (unpaired) electrons. The average Bonchev–Trinajstić information content (AvgIpc) is 3.24. The Morgan fingerprint density at radius 2 is 1.92 bits per heavy atom. The number of rotatable bonds is 3. The zero-order valence-electron chi connectivity index (χ0n) is 15.1. The van der Waals surface area contributed by atoms with Gasteiger partial charge in [0.05, 0.1) is 6.04 Å². The summed E-state index contributed by atoms with van der Waals surface area (Å²) in [7, 11) is 0. The van der Waals surface area contributed by atoms with E-state index in [4.69, 9.17) is 10.5 Å². The van der Waals surface area contributed by atoms with E-state index in [0.717, 1.165) is 5.57 Å². The number of ether oxygens (including phenoxy) is 1. The van der Waals surface area contributed by atoms with Crippen LogP contribution in [0.5, 0.6) is 0 Å². The number of nitrogens with two attached hydrogens (primary N) is 1. The van der Waals surface area contributed by atoms with Crippen molar-refractivity contribution < 1.29 is 19.7 Å². The van der Waals surface area contributed by atoms with E-state index in [2.05, 4.69) is 20.9 Å². The smallest absolute Gasteiger partial charge is 0.238 e. The largest absolute Gasteiger partial charge is 0.389 e. The molecule has 25 heavy (non-hydrogen) atoms. The first-order chi connectivity index (χ1) is 12.1. The Labute approximate surface area is 147 Å². The maximum Gasteiger partial charge on any atom is 0.238 e. The molecule has 0 aromatic heterocycles. The fourth-order valence-corrected chi connectivity index (χ4v) is 3.33. The maximum atomic E-state index is 12.0. The summed E-state index contributed by atoms with van der Waals surface area (Å²) in [5.41, 5.74) is 6.35. The minimum atomic E-state index is -0.853. The van der Waals surface area contributed by atoms with Crippen molar-refractivity contribution in [3.63, 3.8) is 0 Å². The van der Waals surface area contributed by atoms with Gasteiger partial charge in [0.25, 0.3) is 0 Å². The summed E-state index contributed by atoms with van der Waals surface area (Å²) in [6.45, 7) is 8.40. The lowest BCUT2D eigenvalue weighted by Gasteiger charge is -2.25. The van der Waals surface area contributed by atoms with Crippen LogP contribution >= 0.6 is 0 Å². The molecule has 7 unspecified atom stereocenters. The van der Waals surface area contributed by atoms with Crippen molar-refractivity contribution in [2.45, 2.75) is 64.3 Å². The van der Waals surface area contributed by atoms with Crippen LogP contribution in [0.4, 0.5) is 0 Å². The molecule has 1 amide bonds. The lowest BCUT2D eigenvalue weighted by Crippen LogP contribution is -2.52. The monoisotopic (exact) mass is 355 g/mol. The van der Waals surface area contributed by atoms with Crippen LogP contribution < -0.4 is 21.7 Å². The average molecular weight is 355 g/mol. The highest BCUT2D eigenvalue weighted by molar-refractivity contribution is 6.01. The van der Waals surface area contributed by atoms with Crippen molar-refractivity contribution in [1.29, 1.82) is 0 Å². The minimum absolute atomic E-state index is 0.111. The SMILES string of the molecule is CC.CC.NC1=NC2NC=C(CNC3C(O)C(O)C4OC34)C2C(=O)N1. The molecule has 0 spiro atoms. The summed E-state index contributed by atoms with van der Waals surface area (Å²) < 4.78 is 5.28. The third-order valence-electron chi connectivity index (χ3n) is 4.48. The van der Waals surface area contributed by atoms with E-state index in [1.807, 2.05) is 27.7 Å². The van der Waals surface area contributed by atoms with Crippen molar-refractivity contribution in [2.24, 2.45) is 16.6 Å². The fourth-order valence-electron chi connectivity index (χ4n) is 3.33. The first-order valence-corrected chi connectivity index (χ1v) is 8.90. The number of amides is 1. The first kappa shape index (κ1) is 19.6. The van der Waals surface area contributed by atoms with Gasteiger partial charge in [0.15, 0.2) is 5.96 Å². The third kappa shape index (κ3) is 3.64. The first-order valence-electron chi connectivity index (χ1n) is 8.90. The molecule has 142 valence electrons. The Kier molecular flexibility index (Phi) is 6.39. The predicted molar refractivity (Wildman–Crippen MR) is 93.4 cm³/mol. The number of fused-ring (bicyclic) bond motifs is 2. The zero-order chi connectivity index (χ0) is 18.7. The molecule has 1 saturated carbocycles. The van der Waals surface area contributed by atoms with E-state index in [-0.39, 0.29) is 36.3 Å². The number of guanidine groups is 1. The van der Waals surface area contributed by atoms with Crippen molar-refractivity contribution in [2.75, 3.05) is 6.54 Å². The lowest BCUT2D eigenvalue weighted by atomic mass is 9.97. The molecule has 9 nitrogen and oxygen atoms in total. The highest BCUT2D eigenvalue weighted by Crippen LogP contribution is 2.39. The van der Waals surface area contributed by atoms with Crippen molar-refractivity contribution >= 4 is 11.9 Å². The maximum absolute atomic E-state index is 12.0. The van der Waals surface area contributed by atoms with Gasteiger partial charge in [-0.05, 0) is 11.8 Å². The number of carbonyl (C=O) groups excluding carboxylic acids is 1. The number of nitrogens with one attached hydrogen (secondary N) is 3. The third-order valence-corrected chi connectivity index (χ3v) is 4.48. The van der Waals surface area contributed by atoms with Crippen LogP contribution in [0.3, 0.4) is 0 Å². The number of hydrogen-bond acceptors (Lipinski definition) is 8. The Morgan fingerprint density at radius 1 is 1.24 bits per heavy atom. The van der Waals surface area contributed by atoms with Crippen LogP contribution in [0.25, 0.3) is 0 Å². The highest BCUT2D eigenvalue weighted by atomic mass is 16.6. The van der Waals surface area contributed by atoms with Gasteiger partial charge < -0.3 is 31.3 Å². The standard InChI is InChI=1S/C12H17N5O4.2C2H6/c13-12-16-10-4(11(20)17-12)3(2-15-10)1-14-5-6(18)7(19)9-8(5)21-9;2*1-2/h2,4-10,14-15,18-19H,1H2,(H3,13,16,17,20);2*1-2H3. The minimum Gasteiger partial charge on any atom is -0.389 e. The molecule has 4 rings (SSSR count). The van der Waals surface area contributed by atoms with Crippen LogP contribution in [-0.4, -0.2) is 65.2 Å². The molecule has 0 aromatic rings. The lowest BCUT2D eigenvalue weighted by molar-refractivity contribution is -0.123. The molecule has 3 aliphatic heterocycles. The highest BCUT2D eigenvalue weighted by Gasteiger charge is 2.61. The van der Waals surface area contributed by atoms with Gasteiger partial charge in [0, 0.05) is 6.54 Å². The number of nitrogens with zero attached hydrogens (tertiary/aromatic N) is 1. The zero-order valence-corrected chi connectivity index (χ0v) is 15.1. The molecule has 4 aliphatic rings. The van der Waals surface area contributed by atoms with Gasteiger partial charge in [0.2, 0.25) is 5.91 Å². The number of hydrogen-bond donors (Lipinski definition) is 6. The summed E-state index contributed by atoms with van der Waals surface area (Å²) in [6, 6.07) is -0.329. The molecule has 0 aromatic carbocycles. The van der Waals surface area contributed by atoms with E-state index in [0.29, 0.717) is 6.54 Å². The topological polar surface area (TPSA) is 145 Å². The molecule has 3 heterocycles. The van der Waals surface area contributed by atoms with Crippen LogP contribution in [-0.2, 0) is 9.53 Å². The predicted octanol–water partition coefficient (Wildman–Crippen LogP) is -1.63. The molecule has 7 atom stereocenters. The quantitative estimate of drug-likeness (QED) is 0.334. The van der Waals surface area contributed by atoms with Gasteiger partial charge in [0.1, 0.15) is 36.5 Å². The van der Waals surface area contributed by atoms with Gasteiger partial charge in [-0.2, -0.15) is 0 Å². The summed E-state index contributed by atoms with van der Waals surface area (Å²) in [5, 5.41) is 28.3.